The Morgan fingerprint density at radius 3 is 2.74 bits per heavy atom. The van der Waals surface area contributed by atoms with E-state index in [1.54, 1.807) is 0 Å². The molecular weight excluding hydrogens is 410 g/mol. The van der Waals surface area contributed by atoms with Crippen LogP contribution in [-0.4, -0.2) is 31.0 Å². The number of imidazole rings is 1. The molecule has 2 heterocycles. The minimum absolute atomic E-state index is 0.0222. The smallest absolute Gasteiger partial charge is 0.370 e. The lowest BCUT2D eigenvalue weighted by Gasteiger charge is -2.24. The Kier molecular flexibility index (Phi) is 4.98. The fraction of sp³-hybridized carbons (Fsp3) is 0.286. The van der Waals surface area contributed by atoms with E-state index in [0.29, 0.717) is 11.5 Å². The molecule has 0 saturated carbocycles. The van der Waals surface area contributed by atoms with Crippen LogP contribution in [0.15, 0.2) is 35.6 Å². The Labute approximate surface area is 156 Å². The van der Waals surface area contributed by atoms with Gasteiger partial charge in [0.25, 0.3) is 0 Å². The Bertz CT molecular complexity index is 948. The van der Waals surface area contributed by atoms with Gasteiger partial charge in [-0.3, -0.25) is 4.57 Å². The molecule has 0 amide bonds. The number of halogens is 4. The van der Waals surface area contributed by atoms with Gasteiger partial charge in [0.2, 0.25) is 6.17 Å². The Hall–Kier alpha value is -2.07. The van der Waals surface area contributed by atoms with Crippen LogP contribution in [0.5, 0.6) is 0 Å². The number of nitrogens with one attached hydrogen (secondary N) is 1. The molecule has 0 saturated heterocycles. The van der Waals surface area contributed by atoms with Crippen LogP contribution >= 0.6 is 19.2 Å². The molecule has 0 aliphatic carbocycles. The lowest BCUT2D eigenvalue weighted by Crippen LogP contribution is -2.28. The number of fused-ring (bicyclic) bond motifs is 1. The Balaban J connectivity index is 1.97. The maximum Gasteiger partial charge on any atom is 0.398 e. The number of hydrogen-bond acceptors (Lipinski definition) is 5. The summed E-state index contributed by atoms with van der Waals surface area (Å²) >= 11 is 6.02. The highest BCUT2D eigenvalue weighted by Crippen LogP contribution is 2.60. The van der Waals surface area contributed by atoms with E-state index in [2.05, 4.69) is 15.3 Å². The maximum atomic E-state index is 14.4. The van der Waals surface area contributed by atoms with Crippen molar-refractivity contribution >= 4 is 31.0 Å². The van der Waals surface area contributed by atoms with Crippen LogP contribution in [-0.2, 0) is 11.1 Å². The van der Waals surface area contributed by atoms with E-state index in [4.69, 9.17) is 27.1 Å². The second-order valence-electron chi connectivity index (χ2n) is 5.77. The standard InChI is InChI=1S/C14H14ClF3N5O3P/c15-11-9-12(22-13(19)21-11)23(6-20-9)5-7-3-1-2-4-8(7)10(16)14(17,18)27(24,25)26/h1-4,6,10-11H,5H2,(H3,19,21,22)(H2,24,25,26). The second kappa shape index (κ2) is 6.83. The summed E-state index contributed by atoms with van der Waals surface area (Å²) in [5.74, 6) is 0.378. The molecule has 0 fully saturated rings. The van der Waals surface area contributed by atoms with E-state index in [0.717, 1.165) is 6.07 Å². The predicted molar refractivity (Wildman–Crippen MR) is 92.5 cm³/mol. The Morgan fingerprint density at radius 1 is 1.41 bits per heavy atom. The number of anilines is 1. The van der Waals surface area contributed by atoms with Crippen molar-refractivity contribution in [2.24, 2.45) is 10.7 Å². The Morgan fingerprint density at radius 2 is 2.07 bits per heavy atom. The molecule has 0 radical (unpaired) electrons. The molecule has 8 nitrogen and oxygen atoms in total. The zero-order chi connectivity index (χ0) is 20.0. The van der Waals surface area contributed by atoms with Gasteiger partial charge in [-0.05, 0) is 11.1 Å². The summed E-state index contributed by atoms with van der Waals surface area (Å²) in [5.41, 5.74) is -0.221. The van der Waals surface area contributed by atoms with Gasteiger partial charge in [-0.2, -0.15) is 8.78 Å². The predicted octanol–water partition coefficient (Wildman–Crippen LogP) is 2.69. The number of alkyl halides is 4. The van der Waals surface area contributed by atoms with Crippen LogP contribution in [0.4, 0.5) is 19.0 Å². The molecule has 0 spiro atoms. The molecule has 146 valence electrons. The molecule has 2 unspecified atom stereocenters. The molecule has 27 heavy (non-hydrogen) atoms. The van der Waals surface area contributed by atoms with Crippen LogP contribution in [0.2, 0.25) is 0 Å². The summed E-state index contributed by atoms with van der Waals surface area (Å²) in [6.45, 7) is -0.125. The van der Waals surface area contributed by atoms with Crippen LogP contribution < -0.4 is 11.1 Å². The summed E-state index contributed by atoms with van der Waals surface area (Å²) in [6.07, 6.45) is -1.86. The maximum absolute atomic E-state index is 14.4. The zero-order valence-corrected chi connectivity index (χ0v) is 15.1. The average Bonchev–Trinajstić information content (AvgIpc) is 2.97. The van der Waals surface area contributed by atoms with Gasteiger partial charge in [0.05, 0.1) is 12.9 Å². The SMILES string of the molecule is NC1=NC(Cl)c2ncn(Cc3ccccc3C(F)C(F)(F)P(=O)(O)O)c2N1. The number of aliphatic imine (C=N–C) groups is 1. The van der Waals surface area contributed by atoms with Gasteiger partial charge in [-0.15, -0.1) is 0 Å². The van der Waals surface area contributed by atoms with Crippen molar-refractivity contribution in [3.8, 4) is 0 Å². The van der Waals surface area contributed by atoms with Crippen molar-refractivity contribution in [3.63, 3.8) is 0 Å². The highest BCUT2D eigenvalue weighted by atomic mass is 35.5. The fourth-order valence-corrected chi connectivity index (χ4v) is 3.31. The number of rotatable bonds is 5. The number of hydrogen-bond donors (Lipinski definition) is 4. The van der Waals surface area contributed by atoms with Crippen molar-refractivity contribution in [1.82, 2.24) is 9.55 Å². The van der Waals surface area contributed by atoms with Crippen molar-refractivity contribution in [2.45, 2.75) is 23.9 Å². The second-order valence-corrected chi connectivity index (χ2v) is 7.87. The quantitative estimate of drug-likeness (QED) is 0.333. The molecule has 1 aromatic heterocycles. The number of benzene rings is 1. The van der Waals surface area contributed by atoms with E-state index in [-0.39, 0.29) is 18.1 Å². The lowest BCUT2D eigenvalue weighted by molar-refractivity contribution is -0.0191. The molecule has 1 aliphatic rings. The van der Waals surface area contributed by atoms with Gasteiger partial charge in [0.1, 0.15) is 11.5 Å². The van der Waals surface area contributed by atoms with E-state index in [9.17, 15) is 17.7 Å². The third-order valence-electron chi connectivity index (χ3n) is 3.95. The van der Waals surface area contributed by atoms with Gasteiger partial charge in [-0.1, -0.05) is 35.9 Å². The van der Waals surface area contributed by atoms with Crippen molar-refractivity contribution in [3.05, 3.63) is 47.4 Å². The molecule has 0 bridgehead atoms. The summed E-state index contributed by atoms with van der Waals surface area (Å²) in [6, 6.07) is 5.18. The van der Waals surface area contributed by atoms with Gasteiger partial charge < -0.3 is 25.4 Å². The van der Waals surface area contributed by atoms with Crippen molar-refractivity contribution < 1.29 is 27.5 Å². The number of nitrogens with two attached hydrogens (primary N) is 1. The topological polar surface area (TPSA) is 126 Å². The molecule has 5 N–H and O–H groups in total. The zero-order valence-electron chi connectivity index (χ0n) is 13.4. The summed E-state index contributed by atoms with van der Waals surface area (Å²) < 4.78 is 54.5. The third kappa shape index (κ3) is 3.55. The van der Waals surface area contributed by atoms with E-state index in [1.807, 2.05) is 0 Å². The molecule has 13 heteroatoms. The average molecular weight is 424 g/mol. The van der Waals surface area contributed by atoms with Crippen LogP contribution in [0.1, 0.15) is 28.5 Å². The first-order chi connectivity index (χ1) is 12.5. The molecular formula is C14H14ClF3N5O3P. The fourth-order valence-electron chi connectivity index (χ4n) is 2.61. The van der Waals surface area contributed by atoms with E-state index < -0.39 is 30.5 Å². The van der Waals surface area contributed by atoms with Gasteiger partial charge in [0, 0.05) is 0 Å². The largest absolute Gasteiger partial charge is 0.398 e. The normalized spacial score (nSPS) is 18.4. The van der Waals surface area contributed by atoms with Crippen molar-refractivity contribution in [2.75, 3.05) is 5.32 Å². The van der Waals surface area contributed by atoms with Crippen LogP contribution in [0.25, 0.3) is 0 Å². The molecule has 1 aromatic carbocycles. The highest BCUT2D eigenvalue weighted by Gasteiger charge is 2.57. The minimum Gasteiger partial charge on any atom is -0.370 e. The third-order valence-corrected chi connectivity index (χ3v) is 5.26. The van der Waals surface area contributed by atoms with Crippen LogP contribution in [0, 0.1) is 0 Å². The van der Waals surface area contributed by atoms with Crippen molar-refractivity contribution in [1.29, 1.82) is 0 Å². The van der Waals surface area contributed by atoms with Gasteiger partial charge >= 0.3 is 13.3 Å². The number of nitrogens with zero attached hydrogens (tertiary/aromatic N) is 3. The first-order valence-electron chi connectivity index (χ1n) is 7.47. The summed E-state index contributed by atoms with van der Waals surface area (Å²) in [5, 5.41) is 2.74. The highest BCUT2D eigenvalue weighted by molar-refractivity contribution is 7.53. The molecule has 1 aliphatic heterocycles. The lowest BCUT2D eigenvalue weighted by atomic mass is 10.0. The molecule has 3 rings (SSSR count). The minimum atomic E-state index is -6.01. The number of guanidine groups is 1. The van der Waals surface area contributed by atoms with Gasteiger partial charge in [0.15, 0.2) is 11.5 Å². The summed E-state index contributed by atoms with van der Waals surface area (Å²) in [7, 11) is -6.01. The van der Waals surface area contributed by atoms with E-state index >= 15 is 0 Å². The molecule has 2 aromatic rings. The summed E-state index contributed by atoms with van der Waals surface area (Å²) in [4.78, 5) is 25.5. The monoisotopic (exact) mass is 423 g/mol. The van der Waals surface area contributed by atoms with E-state index in [1.165, 1.54) is 29.1 Å². The van der Waals surface area contributed by atoms with Gasteiger partial charge in [-0.25, -0.2) is 14.4 Å². The van der Waals surface area contributed by atoms with Crippen LogP contribution in [0.3, 0.4) is 0 Å². The first-order valence-corrected chi connectivity index (χ1v) is 9.52. The number of aromatic nitrogens is 2. The molecule has 2 atom stereocenters. The first kappa shape index (κ1) is 19.7.